The molecule has 1 heterocycles. The molecule has 1 amide bonds. The average molecular weight is 286 g/mol. The first-order valence-electron chi connectivity index (χ1n) is 8.38. The Bertz CT molecular complexity index is 504. The number of hydrogen-bond donors (Lipinski definition) is 2. The molecular formula is C18H26N2O. The van der Waals surface area contributed by atoms with E-state index in [9.17, 15) is 4.79 Å². The van der Waals surface area contributed by atoms with Gasteiger partial charge < -0.3 is 10.6 Å². The number of amides is 1. The van der Waals surface area contributed by atoms with Gasteiger partial charge in [-0.15, -0.1) is 0 Å². The van der Waals surface area contributed by atoms with Gasteiger partial charge in [-0.3, -0.25) is 4.79 Å². The molecule has 0 aromatic heterocycles. The molecule has 0 unspecified atom stereocenters. The highest BCUT2D eigenvalue weighted by atomic mass is 16.1. The summed E-state index contributed by atoms with van der Waals surface area (Å²) in [5.41, 5.74) is 3.20. The monoisotopic (exact) mass is 286 g/mol. The van der Waals surface area contributed by atoms with Crippen LogP contribution in [-0.2, 0) is 6.42 Å². The van der Waals surface area contributed by atoms with Crippen LogP contribution in [0, 0.1) is 11.8 Å². The predicted octanol–water partition coefficient (Wildman–Crippen LogP) is 3.60. The molecule has 3 rings (SSSR count). The Morgan fingerprint density at radius 1 is 1.29 bits per heavy atom. The number of benzene rings is 1. The van der Waals surface area contributed by atoms with Crippen molar-refractivity contribution in [1.82, 2.24) is 5.32 Å². The molecule has 1 aromatic carbocycles. The van der Waals surface area contributed by atoms with E-state index in [1.54, 1.807) is 0 Å². The van der Waals surface area contributed by atoms with Gasteiger partial charge in [0, 0.05) is 24.3 Å². The summed E-state index contributed by atoms with van der Waals surface area (Å²) >= 11 is 0. The molecule has 0 spiro atoms. The third kappa shape index (κ3) is 3.39. The molecular weight excluding hydrogens is 260 g/mol. The molecule has 0 atom stereocenters. The lowest BCUT2D eigenvalue weighted by molar-refractivity contribution is 0.0941. The van der Waals surface area contributed by atoms with Crippen LogP contribution in [0.25, 0.3) is 0 Å². The first-order valence-corrected chi connectivity index (χ1v) is 8.38. The number of fused-ring (bicyclic) bond motifs is 1. The summed E-state index contributed by atoms with van der Waals surface area (Å²) in [6.07, 6.45) is 7.26. The van der Waals surface area contributed by atoms with E-state index < -0.39 is 0 Å². The number of rotatable bonds is 3. The van der Waals surface area contributed by atoms with E-state index in [-0.39, 0.29) is 5.91 Å². The zero-order valence-electron chi connectivity index (χ0n) is 13.0. The fraction of sp³-hybridized carbons (Fsp3) is 0.611. The molecule has 1 aliphatic heterocycles. The number of nitrogens with one attached hydrogen (secondary N) is 2. The summed E-state index contributed by atoms with van der Waals surface area (Å²) in [5, 5.41) is 6.56. The maximum atomic E-state index is 12.5. The van der Waals surface area contributed by atoms with Crippen LogP contribution in [0.1, 0.15) is 54.9 Å². The highest BCUT2D eigenvalue weighted by Crippen LogP contribution is 2.28. The van der Waals surface area contributed by atoms with E-state index in [1.165, 1.54) is 31.2 Å². The molecule has 0 bridgehead atoms. The van der Waals surface area contributed by atoms with Gasteiger partial charge >= 0.3 is 0 Å². The maximum absolute atomic E-state index is 12.5. The van der Waals surface area contributed by atoms with Crippen LogP contribution in [0.2, 0.25) is 0 Å². The SMILES string of the molecule is CC1CCC(CNC(=O)c2cccc3c2CCCN3)CC1. The lowest BCUT2D eigenvalue weighted by atomic mass is 9.83. The molecule has 2 aliphatic rings. The minimum absolute atomic E-state index is 0.106. The highest BCUT2D eigenvalue weighted by molar-refractivity contribution is 5.97. The van der Waals surface area contributed by atoms with Crippen molar-refractivity contribution in [2.45, 2.75) is 45.4 Å². The van der Waals surface area contributed by atoms with Gasteiger partial charge in [-0.1, -0.05) is 25.8 Å². The number of carbonyl (C=O) groups is 1. The molecule has 1 saturated carbocycles. The third-order valence-corrected chi connectivity index (χ3v) is 5.03. The second kappa shape index (κ2) is 6.50. The van der Waals surface area contributed by atoms with Gasteiger partial charge in [0.25, 0.3) is 5.91 Å². The molecule has 1 fully saturated rings. The lowest BCUT2D eigenvalue weighted by Gasteiger charge is -2.26. The lowest BCUT2D eigenvalue weighted by Crippen LogP contribution is -2.32. The Kier molecular flexibility index (Phi) is 4.47. The van der Waals surface area contributed by atoms with Crippen molar-refractivity contribution in [2.75, 3.05) is 18.4 Å². The van der Waals surface area contributed by atoms with Crippen LogP contribution < -0.4 is 10.6 Å². The predicted molar refractivity (Wildman–Crippen MR) is 86.7 cm³/mol. The number of hydrogen-bond acceptors (Lipinski definition) is 2. The van der Waals surface area contributed by atoms with Crippen LogP contribution in [-0.4, -0.2) is 19.0 Å². The minimum Gasteiger partial charge on any atom is -0.385 e. The standard InChI is InChI=1S/C18H26N2O/c1-13-7-9-14(10-8-13)12-20-18(21)16-4-2-6-17-15(16)5-3-11-19-17/h2,4,6,13-14,19H,3,5,7-12H2,1H3,(H,20,21). The third-order valence-electron chi connectivity index (χ3n) is 5.03. The Hall–Kier alpha value is -1.51. The van der Waals surface area contributed by atoms with Gasteiger partial charge in [-0.2, -0.15) is 0 Å². The molecule has 0 radical (unpaired) electrons. The number of anilines is 1. The summed E-state index contributed by atoms with van der Waals surface area (Å²) in [6.45, 7) is 4.18. The number of carbonyl (C=O) groups excluding carboxylic acids is 1. The van der Waals surface area contributed by atoms with Gasteiger partial charge in [0.05, 0.1) is 0 Å². The fourth-order valence-corrected chi connectivity index (χ4v) is 3.59. The van der Waals surface area contributed by atoms with Gasteiger partial charge in [0.1, 0.15) is 0 Å². The molecule has 1 aromatic rings. The molecule has 1 aliphatic carbocycles. The summed E-state index contributed by atoms with van der Waals surface area (Å²) < 4.78 is 0. The molecule has 2 N–H and O–H groups in total. The van der Waals surface area contributed by atoms with Crippen molar-refractivity contribution in [3.63, 3.8) is 0 Å². The molecule has 21 heavy (non-hydrogen) atoms. The van der Waals surface area contributed by atoms with Gasteiger partial charge in [-0.05, 0) is 55.2 Å². The summed E-state index contributed by atoms with van der Waals surface area (Å²) in [5.74, 6) is 1.64. The Labute approximate surface area is 127 Å². The highest BCUT2D eigenvalue weighted by Gasteiger charge is 2.21. The van der Waals surface area contributed by atoms with E-state index >= 15 is 0 Å². The molecule has 3 nitrogen and oxygen atoms in total. The zero-order chi connectivity index (χ0) is 14.7. The Balaban J connectivity index is 1.61. The molecule has 0 saturated heterocycles. The van der Waals surface area contributed by atoms with E-state index in [1.807, 2.05) is 12.1 Å². The first kappa shape index (κ1) is 14.4. The van der Waals surface area contributed by atoms with Crippen molar-refractivity contribution < 1.29 is 4.79 Å². The topological polar surface area (TPSA) is 41.1 Å². The van der Waals surface area contributed by atoms with Crippen LogP contribution >= 0.6 is 0 Å². The van der Waals surface area contributed by atoms with Gasteiger partial charge in [0.2, 0.25) is 0 Å². The van der Waals surface area contributed by atoms with Crippen LogP contribution in [0.4, 0.5) is 5.69 Å². The zero-order valence-corrected chi connectivity index (χ0v) is 13.0. The van der Waals surface area contributed by atoms with Crippen molar-refractivity contribution in [3.8, 4) is 0 Å². The quantitative estimate of drug-likeness (QED) is 0.891. The van der Waals surface area contributed by atoms with Crippen molar-refractivity contribution in [1.29, 1.82) is 0 Å². The van der Waals surface area contributed by atoms with Crippen LogP contribution in [0.3, 0.4) is 0 Å². The molecule has 114 valence electrons. The Morgan fingerprint density at radius 2 is 2.10 bits per heavy atom. The van der Waals surface area contributed by atoms with E-state index in [4.69, 9.17) is 0 Å². The minimum atomic E-state index is 0.106. The van der Waals surface area contributed by atoms with Crippen LogP contribution in [0.15, 0.2) is 18.2 Å². The second-order valence-corrected chi connectivity index (χ2v) is 6.70. The van der Waals surface area contributed by atoms with E-state index in [2.05, 4.69) is 23.6 Å². The fourth-order valence-electron chi connectivity index (χ4n) is 3.59. The van der Waals surface area contributed by atoms with Crippen molar-refractivity contribution in [2.24, 2.45) is 11.8 Å². The molecule has 3 heteroatoms. The van der Waals surface area contributed by atoms with E-state index in [0.29, 0.717) is 5.92 Å². The van der Waals surface area contributed by atoms with E-state index in [0.717, 1.165) is 43.1 Å². The van der Waals surface area contributed by atoms with Crippen LogP contribution in [0.5, 0.6) is 0 Å². The average Bonchev–Trinajstić information content (AvgIpc) is 2.53. The largest absolute Gasteiger partial charge is 0.385 e. The van der Waals surface area contributed by atoms with Crippen molar-refractivity contribution in [3.05, 3.63) is 29.3 Å². The second-order valence-electron chi connectivity index (χ2n) is 6.70. The van der Waals surface area contributed by atoms with Gasteiger partial charge in [0.15, 0.2) is 0 Å². The van der Waals surface area contributed by atoms with Gasteiger partial charge in [-0.25, -0.2) is 0 Å². The summed E-state index contributed by atoms with van der Waals surface area (Å²) in [4.78, 5) is 12.5. The Morgan fingerprint density at radius 3 is 2.90 bits per heavy atom. The summed E-state index contributed by atoms with van der Waals surface area (Å²) in [6, 6.07) is 6.02. The smallest absolute Gasteiger partial charge is 0.251 e. The normalized spacial score (nSPS) is 24.8. The van der Waals surface area contributed by atoms with Crippen molar-refractivity contribution >= 4 is 11.6 Å². The first-order chi connectivity index (χ1) is 10.2. The summed E-state index contributed by atoms with van der Waals surface area (Å²) in [7, 11) is 0. The maximum Gasteiger partial charge on any atom is 0.251 e.